The second kappa shape index (κ2) is 3.20. The first-order valence-electron chi connectivity index (χ1n) is 3.18. The second-order valence-electron chi connectivity index (χ2n) is 2.44. The Morgan fingerprint density at radius 1 is 1.50 bits per heavy atom. The SMILES string of the molecule is CC1=C[N+]2(O)N=CN=C2N=C1.[NaH]. The number of hydrogen-bond donors (Lipinski definition) is 1. The van der Waals surface area contributed by atoms with Crippen LogP contribution in [0.2, 0.25) is 0 Å². The fourth-order valence-corrected chi connectivity index (χ4v) is 0.979. The molecular weight excluding hydrogens is 167 g/mol. The Labute approximate surface area is 91.7 Å². The molecule has 2 rings (SSSR count). The maximum atomic E-state index is 9.60. The molecule has 0 radical (unpaired) electrons. The standard InChI is InChI=1S/C6H7N4O.Na.H/c1-5-2-7-6-8-4-9-10(6,11)3-5;;/h2-4,11H,1H3;;/q+1;;. The summed E-state index contributed by atoms with van der Waals surface area (Å²) in [4.78, 5) is 7.67. The Kier molecular flexibility index (Phi) is 2.60. The van der Waals surface area contributed by atoms with Crippen LogP contribution in [0.15, 0.2) is 26.9 Å². The van der Waals surface area contributed by atoms with Gasteiger partial charge in [-0.25, -0.2) is 0 Å². The van der Waals surface area contributed by atoms with E-state index < -0.39 is 4.76 Å². The van der Waals surface area contributed by atoms with Crippen LogP contribution in [-0.4, -0.2) is 58.0 Å². The van der Waals surface area contributed by atoms with Gasteiger partial charge < -0.3 is 0 Å². The molecule has 5 nitrogen and oxygen atoms in total. The molecule has 0 spiro atoms. The molecule has 58 valence electrons. The summed E-state index contributed by atoms with van der Waals surface area (Å²) >= 11 is 0. The summed E-state index contributed by atoms with van der Waals surface area (Å²) in [6.45, 7) is 1.84. The molecule has 0 saturated heterocycles. The first-order valence-corrected chi connectivity index (χ1v) is 3.18. The fraction of sp³-hybridized carbons (Fsp3) is 0.167. The van der Waals surface area contributed by atoms with Gasteiger partial charge in [-0.1, -0.05) is 0 Å². The van der Waals surface area contributed by atoms with Crippen molar-refractivity contribution in [2.45, 2.75) is 6.92 Å². The number of guanidine groups is 1. The van der Waals surface area contributed by atoms with Crippen LogP contribution >= 0.6 is 0 Å². The van der Waals surface area contributed by atoms with Gasteiger partial charge in [0.15, 0.2) is 12.5 Å². The zero-order valence-electron chi connectivity index (χ0n) is 5.97. The molecule has 2 aliphatic rings. The third-order valence-electron chi connectivity index (χ3n) is 1.46. The number of rotatable bonds is 0. The van der Waals surface area contributed by atoms with Crippen LogP contribution in [0, 0.1) is 0 Å². The summed E-state index contributed by atoms with van der Waals surface area (Å²) in [6, 6.07) is 0. The normalized spacial score (nSPS) is 30.5. The first kappa shape index (κ1) is 9.76. The van der Waals surface area contributed by atoms with Crippen LogP contribution in [0.1, 0.15) is 6.92 Å². The third kappa shape index (κ3) is 1.41. The molecule has 0 aromatic heterocycles. The van der Waals surface area contributed by atoms with Crippen molar-refractivity contribution >= 4 is 48.1 Å². The molecule has 2 aliphatic heterocycles. The van der Waals surface area contributed by atoms with Crippen molar-refractivity contribution in [1.82, 2.24) is 0 Å². The van der Waals surface area contributed by atoms with E-state index >= 15 is 0 Å². The Morgan fingerprint density at radius 2 is 2.25 bits per heavy atom. The maximum absolute atomic E-state index is 9.60. The molecule has 12 heavy (non-hydrogen) atoms. The summed E-state index contributed by atoms with van der Waals surface area (Å²) in [5.41, 5.74) is 0.866. The van der Waals surface area contributed by atoms with Crippen molar-refractivity contribution in [1.29, 1.82) is 0 Å². The summed E-state index contributed by atoms with van der Waals surface area (Å²) in [5, 5.41) is 13.3. The summed E-state index contributed by atoms with van der Waals surface area (Å²) < 4.78 is -0.637. The zero-order valence-corrected chi connectivity index (χ0v) is 5.97. The molecule has 0 bridgehead atoms. The topological polar surface area (TPSA) is 57.3 Å². The van der Waals surface area contributed by atoms with Crippen LogP contribution in [0.5, 0.6) is 0 Å². The number of aliphatic imine (C=N–C) groups is 2. The number of fused-ring (bicyclic) bond motifs is 1. The Balaban J connectivity index is 0.000000720. The molecule has 0 aromatic carbocycles. The average Bonchev–Trinajstić information content (AvgIpc) is 2.28. The molecule has 6 heteroatoms. The van der Waals surface area contributed by atoms with Crippen LogP contribution < -0.4 is 0 Å². The molecule has 0 fully saturated rings. The molecule has 0 amide bonds. The number of hydroxylamine groups is 2. The zero-order chi connectivity index (χ0) is 7.90. The van der Waals surface area contributed by atoms with Gasteiger partial charge in [-0.3, -0.25) is 0 Å². The predicted molar refractivity (Wildman–Crippen MR) is 47.4 cm³/mol. The van der Waals surface area contributed by atoms with E-state index in [0.717, 1.165) is 5.57 Å². The number of allylic oxidation sites excluding steroid dienone is 1. The molecule has 0 saturated carbocycles. The van der Waals surface area contributed by atoms with Crippen molar-refractivity contribution in [2.75, 3.05) is 0 Å². The minimum atomic E-state index is -0.637. The molecule has 1 N–H and O–H groups in total. The molecule has 2 heterocycles. The van der Waals surface area contributed by atoms with E-state index in [2.05, 4.69) is 15.1 Å². The van der Waals surface area contributed by atoms with Gasteiger partial charge in [-0.15, -0.1) is 0 Å². The van der Waals surface area contributed by atoms with E-state index in [1.807, 2.05) is 6.92 Å². The Hall–Kier alpha value is -0.330. The fourth-order valence-electron chi connectivity index (χ4n) is 0.979. The minimum absolute atomic E-state index is 0. The van der Waals surface area contributed by atoms with E-state index in [-0.39, 0.29) is 35.5 Å². The molecule has 1 unspecified atom stereocenters. The van der Waals surface area contributed by atoms with Gasteiger partial charge in [-0.2, -0.15) is 15.2 Å². The summed E-state index contributed by atoms with van der Waals surface area (Å²) in [5.74, 6) is 0.288. The van der Waals surface area contributed by atoms with Gasteiger partial charge in [0, 0.05) is 16.5 Å². The van der Waals surface area contributed by atoms with Crippen LogP contribution in [-0.2, 0) is 0 Å². The molecule has 0 aliphatic carbocycles. The number of nitrogens with zero attached hydrogens (tertiary/aromatic N) is 4. The monoisotopic (exact) mass is 175 g/mol. The van der Waals surface area contributed by atoms with Crippen molar-refractivity contribution in [3.8, 4) is 0 Å². The van der Waals surface area contributed by atoms with Crippen LogP contribution in [0.3, 0.4) is 0 Å². The van der Waals surface area contributed by atoms with Crippen LogP contribution in [0.25, 0.3) is 0 Å². The molecule has 0 aromatic rings. The quantitative estimate of drug-likeness (QED) is 0.404. The Bertz CT molecular complexity index is 320. The first-order chi connectivity index (χ1) is 5.21. The number of quaternary nitrogens is 1. The van der Waals surface area contributed by atoms with Crippen molar-refractivity contribution in [3.05, 3.63) is 11.8 Å². The van der Waals surface area contributed by atoms with Gasteiger partial charge in [0.2, 0.25) is 0 Å². The van der Waals surface area contributed by atoms with Gasteiger partial charge in [0.1, 0.15) is 0 Å². The predicted octanol–water partition coefficient (Wildman–Crippen LogP) is -0.155. The second-order valence-corrected chi connectivity index (χ2v) is 2.44. The van der Waals surface area contributed by atoms with Crippen LogP contribution in [0.4, 0.5) is 0 Å². The van der Waals surface area contributed by atoms with E-state index in [9.17, 15) is 5.21 Å². The Morgan fingerprint density at radius 3 is 3.00 bits per heavy atom. The van der Waals surface area contributed by atoms with Crippen molar-refractivity contribution in [2.24, 2.45) is 15.1 Å². The number of hydrogen-bond acceptors (Lipinski definition) is 4. The third-order valence-corrected chi connectivity index (χ3v) is 1.46. The summed E-state index contributed by atoms with van der Waals surface area (Å²) in [7, 11) is 0. The van der Waals surface area contributed by atoms with Crippen molar-refractivity contribution in [3.63, 3.8) is 0 Å². The molecule has 1 atom stereocenters. The van der Waals surface area contributed by atoms with E-state index in [1.165, 1.54) is 6.34 Å². The van der Waals surface area contributed by atoms with Gasteiger partial charge in [0.25, 0.3) is 0 Å². The van der Waals surface area contributed by atoms with Crippen molar-refractivity contribution < 1.29 is 9.96 Å². The van der Waals surface area contributed by atoms with Gasteiger partial charge in [-0.05, 0) is 12.0 Å². The summed E-state index contributed by atoms with van der Waals surface area (Å²) in [6.07, 6.45) is 4.50. The van der Waals surface area contributed by atoms with E-state index in [4.69, 9.17) is 0 Å². The molecular formula is C6H8N4NaO+. The van der Waals surface area contributed by atoms with E-state index in [1.54, 1.807) is 12.4 Å². The van der Waals surface area contributed by atoms with Gasteiger partial charge in [0.05, 0.1) is 0 Å². The average molecular weight is 175 g/mol. The van der Waals surface area contributed by atoms with Gasteiger partial charge >= 0.3 is 35.5 Å². The van der Waals surface area contributed by atoms with E-state index in [0.29, 0.717) is 0 Å².